The summed E-state index contributed by atoms with van der Waals surface area (Å²) in [7, 11) is 0. The number of benzene rings is 1. The quantitative estimate of drug-likeness (QED) is 0.786. The second-order valence-electron chi connectivity index (χ2n) is 5.03. The fourth-order valence-electron chi connectivity index (χ4n) is 2.14. The standard InChI is InChI=1S/C14H20N2O/c1-9-6-10(2)13(15)7-12(9)14(17)16-8-11-4-3-5-11/h6-7,11H,3-5,8,15H2,1-2H3,(H,16,17). The first-order valence-electron chi connectivity index (χ1n) is 6.23. The van der Waals surface area contributed by atoms with E-state index in [9.17, 15) is 4.79 Å². The van der Waals surface area contributed by atoms with Gasteiger partial charge in [-0.2, -0.15) is 0 Å². The van der Waals surface area contributed by atoms with E-state index in [1.807, 2.05) is 19.9 Å². The van der Waals surface area contributed by atoms with Crippen LogP contribution in [-0.2, 0) is 0 Å². The molecule has 2 rings (SSSR count). The average Bonchev–Trinajstić information content (AvgIpc) is 2.21. The van der Waals surface area contributed by atoms with Gasteiger partial charge < -0.3 is 11.1 Å². The van der Waals surface area contributed by atoms with Gasteiger partial charge >= 0.3 is 0 Å². The maximum absolute atomic E-state index is 12.0. The molecule has 1 aromatic carbocycles. The first-order valence-corrected chi connectivity index (χ1v) is 6.23. The number of carbonyl (C=O) groups excluding carboxylic acids is 1. The van der Waals surface area contributed by atoms with Gasteiger partial charge in [0.15, 0.2) is 0 Å². The molecule has 0 saturated heterocycles. The Hall–Kier alpha value is -1.51. The van der Waals surface area contributed by atoms with Crippen LogP contribution >= 0.6 is 0 Å². The number of aryl methyl sites for hydroxylation is 2. The smallest absolute Gasteiger partial charge is 0.251 e. The number of rotatable bonds is 3. The second kappa shape index (κ2) is 4.78. The number of nitrogens with two attached hydrogens (primary N) is 1. The predicted molar refractivity (Wildman–Crippen MR) is 70.0 cm³/mol. The number of anilines is 1. The molecule has 1 amide bonds. The lowest BCUT2D eigenvalue weighted by atomic mass is 9.85. The molecular weight excluding hydrogens is 212 g/mol. The summed E-state index contributed by atoms with van der Waals surface area (Å²) in [4.78, 5) is 12.0. The van der Waals surface area contributed by atoms with Crippen molar-refractivity contribution in [3.8, 4) is 0 Å². The molecule has 0 spiro atoms. The minimum atomic E-state index is 0.00102. The van der Waals surface area contributed by atoms with Crippen molar-refractivity contribution in [2.75, 3.05) is 12.3 Å². The molecule has 0 heterocycles. The van der Waals surface area contributed by atoms with Crippen LogP contribution in [0.5, 0.6) is 0 Å². The van der Waals surface area contributed by atoms with Gasteiger partial charge in [0.25, 0.3) is 5.91 Å². The van der Waals surface area contributed by atoms with E-state index >= 15 is 0 Å². The van der Waals surface area contributed by atoms with Crippen molar-refractivity contribution in [3.05, 3.63) is 28.8 Å². The average molecular weight is 232 g/mol. The monoisotopic (exact) mass is 232 g/mol. The van der Waals surface area contributed by atoms with Crippen molar-refractivity contribution in [3.63, 3.8) is 0 Å². The van der Waals surface area contributed by atoms with Gasteiger partial charge in [-0.25, -0.2) is 0 Å². The molecule has 1 aliphatic carbocycles. The van der Waals surface area contributed by atoms with Gasteiger partial charge in [-0.15, -0.1) is 0 Å². The second-order valence-corrected chi connectivity index (χ2v) is 5.03. The van der Waals surface area contributed by atoms with Crippen LogP contribution in [0.25, 0.3) is 0 Å². The van der Waals surface area contributed by atoms with Crippen LogP contribution in [0.2, 0.25) is 0 Å². The Morgan fingerprint density at radius 3 is 2.65 bits per heavy atom. The number of carbonyl (C=O) groups is 1. The van der Waals surface area contributed by atoms with Crippen LogP contribution < -0.4 is 11.1 Å². The van der Waals surface area contributed by atoms with Crippen molar-refractivity contribution in [2.45, 2.75) is 33.1 Å². The molecule has 0 atom stereocenters. The topological polar surface area (TPSA) is 55.1 Å². The lowest BCUT2D eigenvalue weighted by Gasteiger charge is -2.25. The van der Waals surface area contributed by atoms with Crippen LogP contribution in [0.4, 0.5) is 5.69 Å². The molecule has 0 bridgehead atoms. The van der Waals surface area contributed by atoms with Crippen LogP contribution in [0.3, 0.4) is 0 Å². The normalized spacial score (nSPS) is 15.4. The molecule has 17 heavy (non-hydrogen) atoms. The highest BCUT2D eigenvalue weighted by molar-refractivity contribution is 5.96. The van der Waals surface area contributed by atoms with E-state index in [0.29, 0.717) is 17.2 Å². The summed E-state index contributed by atoms with van der Waals surface area (Å²) in [6, 6.07) is 3.74. The van der Waals surface area contributed by atoms with Crippen molar-refractivity contribution in [1.82, 2.24) is 5.32 Å². The van der Waals surface area contributed by atoms with E-state index in [-0.39, 0.29) is 5.91 Å². The van der Waals surface area contributed by atoms with Crippen molar-refractivity contribution in [2.24, 2.45) is 5.92 Å². The molecule has 1 fully saturated rings. The van der Waals surface area contributed by atoms with Crippen LogP contribution in [0, 0.1) is 19.8 Å². The van der Waals surface area contributed by atoms with E-state index in [1.54, 1.807) is 6.07 Å². The third-order valence-electron chi connectivity index (χ3n) is 3.63. The number of nitrogens with one attached hydrogen (secondary N) is 1. The summed E-state index contributed by atoms with van der Waals surface area (Å²) >= 11 is 0. The summed E-state index contributed by atoms with van der Waals surface area (Å²) < 4.78 is 0. The van der Waals surface area contributed by atoms with E-state index in [2.05, 4.69) is 5.32 Å². The molecule has 0 aliphatic heterocycles. The van der Waals surface area contributed by atoms with Gasteiger partial charge in [0.2, 0.25) is 0 Å². The first-order chi connectivity index (χ1) is 8.08. The zero-order chi connectivity index (χ0) is 12.4. The Morgan fingerprint density at radius 1 is 1.35 bits per heavy atom. The molecule has 3 nitrogen and oxygen atoms in total. The van der Waals surface area contributed by atoms with Crippen molar-refractivity contribution >= 4 is 11.6 Å². The van der Waals surface area contributed by atoms with Gasteiger partial charge in [-0.1, -0.05) is 12.5 Å². The summed E-state index contributed by atoms with van der Waals surface area (Å²) in [5.41, 5.74) is 9.24. The maximum Gasteiger partial charge on any atom is 0.251 e. The SMILES string of the molecule is Cc1cc(C)c(C(=O)NCC2CCC2)cc1N. The highest BCUT2D eigenvalue weighted by Crippen LogP contribution is 2.25. The predicted octanol–water partition coefficient (Wildman–Crippen LogP) is 2.42. The maximum atomic E-state index is 12.0. The first kappa shape index (κ1) is 12.0. The number of hydrogen-bond acceptors (Lipinski definition) is 2. The molecule has 92 valence electrons. The summed E-state index contributed by atoms with van der Waals surface area (Å²) in [6.45, 7) is 4.70. The molecule has 1 aromatic rings. The van der Waals surface area contributed by atoms with Crippen molar-refractivity contribution in [1.29, 1.82) is 0 Å². The van der Waals surface area contributed by atoms with Gasteiger partial charge in [0.05, 0.1) is 0 Å². The lowest BCUT2D eigenvalue weighted by Crippen LogP contribution is -2.32. The van der Waals surface area contributed by atoms with E-state index in [1.165, 1.54) is 19.3 Å². The van der Waals surface area contributed by atoms with Crippen LogP contribution in [0.1, 0.15) is 40.7 Å². The van der Waals surface area contributed by atoms with Gasteiger partial charge in [0.1, 0.15) is 0 Å². The van der Waals surface area contributed by atoms with Gasteiger partial charge in [-0.3, -0.25) is 4.79 Å². The molecular formula is C14H20N2O. The zero-order valence-corrected chi connectivity index (χ0v) is 10.5. The third kappa shape index (κ3) is 2.60. The summed E-state index contributed by atoms with van der Waals surface area (Å²) in [6.07, 6.45) is 3.79. The van der Waals surface area contributed by atoms with Crippen molar-refractivity contribution < 1.29 is 4.79 Å². The molecule has 3 heteroatoms. The Labute approximate surface area is 102 Å². The fraction of sp³-hybridized carbons (Fsp3) is 0.500. The zero-order valence-electron chi connectivity index (χ0n) is 10.5. The molecule has 0 radical (unpaired) electrons. The molecule has 0 unspecified atom stereocenters. The van der Waals surface area contributed by atoms with Gasteiger partial charge in [0, 0.05) is 17.8 Å². The largest absolute Gasteiger partial charge is 0.398 e. The lowest BCUT2D eigenvalue weighted by molar-refractivity contribution is 0.0938. The summed E-state index contributed by atoms with van der Waals surface area (Å²) in [5, 5.41) is 2.99. The van der Waals surface area contributed by atoms with Gasteiger partial charge in [-0.05, 0) is 49.8 Å². The van der Waals surface area contributed by atoms with E-state index < -0.39 is 0 Å². The third-order valence-corrected chi connectivity index (χ3v) is 3.63. The highest BCUT2D eigenvalue weighted by Gasteiger charge is 2.19. The fourth-order valence-corrected chi connectivity index (χ4v) is 2.14. The Balaban J connectivity index is 2.04. The Bertz CT molecular complexity index is 436. The minimum absolute atomic E-state index is 0.00102. The van der Waals surface area contributed by atoms with E-state index in [0.717, 1.165) is 17.7 Å². The minimum Gasteiger partial charge on any atom is -0.398 e. The van der Waals surface area contributed by atoms with E-state index in [4.69, 9.17) is 5.73 Å². The molecule has 3 N–H and O–H groups in total. The highest BCUT2D eigenvalue weighted by atomic mass is 16.1. The number of hydrogen-bond donors (Lipinski definition) is 2. The Kier molecular flexibility index (Phi) is 3.36. The molecule has 1 saturated carbocycles. The van der Waals surface area contributed by atoms with Crippen LogP contribution in [0.15, 0.2) is 12.1 Å². The number of amides is 1. The summed E-state index contributed by atoms with van der Waals surface area (Å²) in [5.74, 6) is 0.683. The number of nitrogen functional groups attached to an aromatic ring is 1. The molecule has 1 aliphatic rings. The molecule has 0 aromatic heterocycles. The Morgan fingerprint density at radius 2 is 2.06 bits per heavy atom. The van der Waals surface area contributed by atoms with Crippen LogP contribution in [-0.4, -0.2) is 12.5 Å².